The van der Waals surface area contributed by atoms with Gasteiger partial charge in [-0.05, 0) is 17.0 Å². The van der Waals surface area contributed by atoms with Gasteiger partial charge in [-0.1, -0.05) is 0 Å². The summed E-state index contributed by atoms with van der Waals surface area (Å²) in [7, 11) is 0. The van der Waals surface area contributed by atoms with E-state index in [-0.39, 0.29) is 0 Å². The van der Waals surface area contributed by atoms with Crippen molar-refractivity contribution in [3.63, 3.8) is 0 Å². The van der Waals surface area contributed by atoms with E-state index in [0.717, 1.165) is 16.8 Å². The third-order valence-electron chi connectivity index (χ3n) is 0.768. The topological polar surface area (TPSA) is 36.7 Å². The number of nitrogens with zero attached hydrogens (tertiary/aromatic N) is 1. The summed E-state index contributed by atoms with van der Waals surface area (Å²) in [4.78, 5) is 4.73. The summed E-state index contributed by atoms with van der Waals surface area (Å²) in [6, 6.07) is 3.61. The average Bonchev–Trinajstić information content (AvgIpc) is 1.90. The van der Waals surface area contributed by atoms with E-state index in [1.165, 1.54) is 0 Å². The Balaban J connectivity index is 2.83. The molecule has 1 rings (SSSR count). The maximum atomic E-state index is 6.83. The van der Waals surface area contributed by atoms with Gasteiger partial charge in [0, 0.05) is 12.4 Å². The van der Waals surface area contributed by atoms with E-state index < -0.39 is 0 Å². The van der Waals surface area contributed by atoms with Crippen molar-refractivity contribution in [2.45, 2.75) is 4.90 Å². The molecular formula is C5H5N2S-. The SMILES string of the molecule is [NH-]Sc1ccncc1. The lowest BCUT2D eigenvalue weighted by Crippen LogP contribution is -1.67. The Labute approximate surface area is 52.2 Å². The highest BCUT2D eigenvalue weighted by atomic mass is 32.2. The van der Waals surface area contributed by atoms with Gasteiger partial charge in [0.15, 0.2) is 0 Å². The van der Waals surface area contributed by atoms with Crippen molar-refractivity contribution in [3.8, 4) is 0 Å². The van der Waals surface area contributed by atoms with Crippen molar-refractivity contribution in [1.82, 2.24) is 4.98 Å². The fraction of sp³-hybridized carbons (Fsp3) is 0. The molecule has 0 amide bonds. The minimum atomic E-state index is 0.931. The van der Waals surface area contributed by atoms with Crippen LogP contribution in [0, 0.1) is 0 Å². The largest absolute Gasteiger partial charge is 0.617 e. The zero-order chi connectivity index (χ0) is 5.82. The van der Waals surface area contributed by atoms with Crippen LogP contribution in [0.4, 0.5) is 0 Å². The van der Waals surface area contributed by atoms with Crippen molar-refractivity contribution in [3.05, 3.63) is 29.7 Å². The summed E-state index contributed by atoms with van der Waals surface area (Å²) < 4.78 is 0. The predicted molar refractivity (Wildman–Crippen MR) is 34.4 cm³/mol. The summed E-state index contributed by atoms with van der Waals surface area (Å²) >= 11 is 0.979. The molecule has 1 aromatic rings. The van der Waals surface area contributed by atoms with Gasteiger partial charge < -0.3 is 5.14 Å². The number of aromatic nitrogens is 1. The molecule has 1 heterocycles. The Bertz CT molecular complexity index is 152. The molecule has 0 saturated heterocycles. The van der Waals surface area contributed by atoms with Crippen LogP contribution in [0.2, 0.25) is 0 Å². The quantitative estimate of drug-likeness (QED) is 0.539. The molecule has 0 unspecified atom stereocenters. The first-order valence-corrected chi connectivity index (χ1v) is 2.99. The standard InChI is InChI=1S/C5H5N2S/c6-8-5-1-3-7-4-2-5/h1-4,6H/q-1. The van der Waals surface area contributed by atoms with E-state index in [1.807, 2.05) is 0 Å². The summed E-state index contributed by atoms with van der Waals surface area (Å²) in [6.45, 7) is 0. The van der Waals surface area contributed by atoms with Gasteiger partial charge in [0.1, 0.15) is 0 Å². The van der Waals surface area contributed by atoms with Crippen LogP contribution in [0.15, 0.2) is 29.4 Å². The minimum absolute atomic E-state index is 0.931. The van der Waals surface area contributed by atoms with E-state index in [0.29, 0.717) is 0 Å². The van der Waals surface area contributed by atoms with Crippen molar-refractivity contribution in [2.75, 3.05) is 0 Å². The smallest absolute Gasteiger partial charge is 0.0278 e. The molecule has 3 heteroatoms. The Morgan fingerprint density at radius 1 is 1.38 bits per heavy atom. The zero-order valence-corrected chi connectivity index (χ0v) is 4.98. The summed E-state index contributed by atoms with van der Waals surface area (Å²) in [6.07, 6.45) is 3.35. The lowest BCUT2D eigenvalue weighted by molar-refractivity contribution is 1.27. The van der Waals surface area contributed by atoms with Crippen LogP contribution in [0.3, 0.4) is 0 Å². The maximum Gasteiger partial charge on any atom is 0.0278 e. The maximum absolute atomic E-state index is 6.83. The fourth-order valence-electron chi connectivity index (χ4n) is 0.406. The Hall–Kier alpha value is -0.540. The van der Waals surface area contributed by atoms with Crippen LogP contribution in [-0.4, -0.2) is 4.98 Å². The molecule has 0 aliphatic rings. The molecule has 0 aliphatic carbocycles. The molecule has 0 saturated carbocycles. The molecule has 8 heavy (non-hydrogen) atoms. The molecule has 0 fully saturated rings. The molecule has 0 bridgehead atoms. The van der Waals surface area contributed by atoms with E-state index >= 15 is 0 Å². The van der Waals surface area contributed by atoms with Gasteiger partial charge in [-0.2, -0.15) is 0 Å². The lowest BCUT2D eigenvalue weighted by atomic mass is 10.5. The molecule has 0 aromatic carbocycles. The predicted octanol–water partition coefficient (Wildman–Crippen LogP) is 2.14. The normalized spacial score (nSPS) is 9.12. The molecule has 2 nitrogen and oxygen atoms in total. The van der Waals surface area contributed by atoms with Crippen LogP contribution in [0.1, 0.15) is 0 Å². The second-order valence-electron chi connectivity index (χ2n) is 1.28. The van der Waals surface area contributed by atoms with Crippen molar-refractivity contribution < 1.29 is 0 Å². The Morgan fingerprint density at radius 2 is 2.00 bits per heavy atom. The first-order chi connectivity index (χ1) is 3.93. The summed E-state index contributed by atoms with van der Waals surface area (Å²) in [5.74, 6) is 0. The number of rotatable bonds is 1. The van der Waals surface area contributed by atoms with Crippen LogP contribution in [0.5, 0.6) is 0 Å². The van der Waals surface area contributed by atoms with Gasteiger partial charge in [-0.3, -0.25) is 16.9 Å². The number of hydrogen-bond acceptors (Lipinski definition) is 2. The van der Waals surface area contributed by atoms with E-state index in [9.17, 15) is 0 Å². The number of pyridine rings is 1. The number of hydrogen-bond donors (Lipinski definition) is 0. The molecule has 0 atom stereocenters. The van der Waals surface area contributed by atoms with Gasteiger partial charge in [0.25, 0.3) is 0 Å². The van der Waals surface area contributed by atoms with Crippen molar-refractivity contribution in [1.29, 1.82) is 0 Å². The second-order valence-corrected chi connectivity index (χ2v) is 1.96. The first kappa shape index (κ1) is 5.59. The number of nitrogens with one attached hydrogen (secondary N) is 1. The van der Waals surface area contributed by atoms with E-state index in [2.05, 4.69) is 4.98 Å². The molecule has 1 aromatic heterocycles. The highest BCUT2D eigenvalue weighted by molar-refractivity contribution is 8.01. The fourth-order valence-corrected chi connectivity index (χ4v) is 0.664. The van der Waals surface area contributed by atoms with E-state index in [4.69, 9.17) is 5.14 Å². The molecular weight excluding hydrogens is 120 g/mol. The van der Waals surface area contributed by atoms with Crippen molar-refractivity contribution in [2.24, 2.45) is 0 Å². The van der Waals surface area contributed by atoms with E-state index in [1.54, 1.807) is 24.5 Å². The minimum Gasteiger partial charge on any atom is -0.617 e. The van der Waals surface area contributed by atoms with Gasteiger partial charge in [-0.15, -0.1) is 0 Å². The van der Waals surface area contributed by atoms with Crippen LogP contribution in [-0.2, 0) is 0 Å². The second kappa shape index (κ2) is 2.69. The van der Waals surface area contributed by atoms with Gasteiger partial charge >= 0.3 is 0 Å². The van der Waals surface area contributed by atoms with Crippen LogP contribution < -0.4 is 0 Å². The molecule has 0 spiro atoms. The molecule has 1 N–H and O–H groups in total. The monoisotopic (exact) mass is 125 g/mol. The summed E-state index contributed by atoms with van der Waals surface area (Å²) in [5.41, 5.74) is 0. The Morgan fingerprint density at radius 3 is 2.38 bits per heavy atom. The van der Waals surface area contributed by atoms with Crippen LogP contribution in [0.25, 0.3) is 5.14 Å². The van der Waals surface area contributed by atoms with Crippen molar-refractivity contribution >= 4 is 11.9 Å². The molecule has 42 valence electrons. The van der Waals surface area contributed by atoms with Gasteiger partial charge in [0.05, 0.1) is 0 Å². The zero-order valence-electron chi connectivity index (χ0n) is 4.16. The van der Waals surface area contributed by atoms with Gasteiger partial charge in [-0.25, -0.2) is 0 Å². The van der Waals surface area contributed by atoms with Gasteiger partial charge in [0.2, 0.25) is 0 Å². The highest BCUT2D eigenvalue weighted by Crippen LogP contribution is 2.14. The lowest BCUT2D eigenvalue weighted by Gasteiger charge is -1.98. The summed E-state index contributed by atoms with van der Waals surface area (Å²) in [5, 5.41) is 6.83. The molecule has 0 radical (unpaired) electrons. The molecule has 0 aliphatic heterocycles. The first-order valence-electron chi connectivity index (χ1n) is 2.17. The highest BCUT2D eigenvalue weighted by Gasteiger charge is 1.76. The average molecular weight is 125 g/mol. The van der Waals surface area contributed by atoms with Crippen LogP contribution >= 0.6 is 11.9 Å². The Kier molecular flexibility index (Phi) is 1.88. The third kappa shape index (κ3) is 1.21. The third-order valence-corrected chi connectivity index (χ3v) is 1.28.